The van der Waals surface area contributed by atoms with Crippen molar-refractivity contribution >= 4 is 22.6 Å². The zero-order chi connectivity index (χ0) is 12.1. The molecule has 0 amide bonds. The lowest BCUT2D eigenvalue weighted by Crippen LogP contribution is -2.00. The van der Waals surface area contributed by atoms with Crippen LogP contribution in [0.4, 0.5) is 0 Å². The minimum absolute atomic E-state index is 0.870. The highest BCUT2D eigenvalue weighted by Gasteiger charge is 2.06. The van der Waals surface area contributed by atoms with Crippen LogP contribution < -0.4 is 0 Å². The van der Waals surface area contributed by atoms with Crippen LogP contribution in [-0.2, 0) is 19.4 Å². The van der Waals surface area contributed by atoms with Gasteiger partial charge in [-0.25, -0.2) is 0 Å². The summed E-state index contributed by atoms with van der Waals surface area (Å²) in [5, 5.41) is 4.66. The minimum Gasteiger partial charge on any atom is -0.268 e. The second kappa shape index (κ2) is 6.19. The summed E-state index contributed by atoms with van der Waals surface area (Å²) in [5.41, 5.74) is 3.95. The molecule has 0 radical (unpaired) electrons. The number of benzene rings is 1. The van der Waals surface area contributed by atoms with E-state index in [0.29, 0.717) is 0 Å². The molecule has 0 aliphatic carbocycles. The van der Waals surface area contributed by atoms with Gasteiger partial charge in [-0.05, 0) is 24.0 Å². The molecule has 1 aromatic heterocycles. The van der Waals surface area contributed by atoms with E-state index < -0.39 is 0 Å². The normalized spacial score (nSPS) is 10.7. The number of halogens is 1. The van der Waals surface area contributed by atoms with Gasteiger partial charge in [0.05, 0.1) is 12.2 Å². The average Bonchev–Trinajstić information content (AvgIpc) is 2.73. The lowest BCUT2D eigenvalue weighted by Gasteiger charge is -2.00. The molecule has 0 aliphatic heterocycles. The van der Waals surface area contributed by atoms with Crippen LogP contribution in [0.1, 0.15) is 23.7 Å². The van der Waals surface area contributed by atoms with Crippen molar-refractivity contribution in [1.82, 2.24) is 9.78 Å². The Hall–Kier alpha value is -0.840. The van der Waals surface area contributed by atoms with Crippen LogP contribution >= 0.6 is 22.6 Å². The quantitative estimate of drug-likeness (QED) is 0.602. The fourth-order valence-corrected chi connectivity index (χ4v) is 2.54. The first-order chi connectivity index (χ1) is 8.33. The van der Waals surface area contributed by atoms with Crippen molar-refractivity contribution in [2.75, 3.05) is 4.43 Å². The van der Waals surface area contributed by atoms with Crippen molar-refractivity contribution < 1.29 is 0 Å². The van der Waals surface area contributed by atoms with E-state index in [1.807, 2.05) is 6.07 Å². The maximum absolute atomic E-state index is 4.66. The molecular formula is C14H17IN2. The van der Waals surface area contributed by atoms with Gasteiger partial charge in [-0.3, -0.25) is 4.68 Å². The van der Waals surface area contributed by atoms with E-state index in [0.717, 1.165) is 23.8 Å². The van der Waals surface area contributed by atoms with Crippen molar-refractivity contribution in [3.05, 3.63) is 53.3 Å². The molecule has 2 rings (SSSR count). The molecule has 0 spiro atoms. The molecule has 3 heteroatoms. The third kappa shape index (κ3) is 3.31. The van der Waals surface area contributed by atoms with E-state index in [-0.39, 0.29) is 0 Å². The Morgan fingerprint density at radius 1 is 1.24 bits per heavy atom. The first kappa shape index (κ1) is 12.6. The number of hydrogen-bond donors (Lipinski definition) is 0. The van der Waals surface area contributed by atoms with Gasteiger partial charge in [-0.2, -0.15) is 5.10 Å². The number of aryl methyl sites for hydroxylation is 2. The smallest absolute Gasteiger partial charge is 0.0659 e. The summed E-state index contributed by atoms with van der Waals surface area (Å²) in [5.74, 6) is 0. The monoisotopic (exact) mass is 340 g/mol. The number of nitrogens with zero attached hydrogens (tertiary/aromatic N) is 2. The fraction of sp³-hybridized carbons (Fsp3) is 0.357. The highest BCUT2D eigenvalue weighted by atomic mass is 127. The van der Waals surface area contributed by atoms with Gasteiger partial charge in [0.25, 0.3) is 0 Å². The van der Waals surface area contributed by atoms with E-state index in [1.165, 1.54) is 16.8 Å². The van der Waals surface area contributed by atoms with Crippen LogP contribution in [0.15, 0.2) is 36.5 Å². The second-order valence-electron chi connectivity index (χ2n) is 4.08. The van der Waals surface area contributed by atoms with Crippen LogP contribution in [-0.4, -0.2) is 14.2 Å². The Balaban J connectivity index is 2.16. The summed E-state index contributed by atoms with van der Waals surface area (Å²) < 4.78 is 3.22. The fourth-order valence-electron chi connectivity index (χ4n) is 1.96. The van der Waals surface area contributed by atoms with Crippen molar-refractivity contribution in [1.29, 1.82) is 0 Å². The standard InChI is InChI=1S/C14H17IN2/c1-2-14-13(8-9-15)11-17(16-14)10-12-6-4-3-5-7-12/h3-7,11H,2,8-10H2,1H3. The Morgan fingerprint density at radius 3 is 2.65 bits per heavy atom. The molecule has 0 unspecified atom stereocenters. The van der Waals surface area contributed by atoms with E-state index in [4.69, 9.17) is 0 Å². The van der Waals surface area contributed by atoms with Crippen LogP contribution in [0.5, 0.6) is 0 Å². The third-order valence-electron chi connectivity index (χ3n) is 2.81. The molecule has 1 aromatic carbocycles. The lowest BCUT2D eigenvalue weighted by molar-refractivity contribution is 0.673. The van der Waals surface area contributed by atoms with E-state index >= 15 is 0 Å². The molecule has 0 saturated carbocycles. The van der Waals surface area contributed by atoms with Gasteiger partial charge < -0.3 is 0 Å². The summed E-state index contributed by atoms with van der Waals surface area (Å²) >= 11 is 2.42. The van der Waals surface area contributed by atoms with E-state index in [9.17, 15) is 0 Å². The van der Waals surface area contributed by atoms with Crippen molar-refractivity contribution in [3.63, 3.8) is 0 Å². The van der Waals surface area contributed by atoms with Crippen LogP contribution in [0, 0.1) is 0 Å². The number of aromatic nitrogens is 2. The highest BCUT2D eigenvalue weighted by molar-refractivity contribution is 14.1. The maximum Gasteiger partial charge on any atom is 0.0659 e. The Bertz CT molecular complexity index is 462. The van der Waals surface area contributed by atoms with Crippen molar-refractivity contribution in [2.24, 2.45) is 0 Å². The topological polar surface area (TPSA) is 17.8 Å². The molecule has 17 heavy (non-hydrogen) atoms. The second-order valence-corrected chi connectivity index (χ2v) is 5.16. The van der Waals surface area contributed by atoms with E-state index in [1.54, 1.807) is 0 Å². The molecule has 0 aliphatic rings. The molecular weight excluding hydrogens is 323 g/mol. The summed E-state index contributed by atoms with van der Waals surface area (Å²) in [7, 11) is 0. The van der Waals surface area contributed by atoms with Gasteiger partial charge in [0.15, 0.2) is 0 Å². The molecule has 2 aromatic rings. The Kier molecular flexibility index (Phi) is 4.59. The molecule has 0 saturated heterocycles. The number of hydrogen-bond acceptors (Lipinski definition) is 1. The van der Waals surface area contributed by atoms with Crippen molar-refractivity contribution in [3.8, 4) is 0 Å². The maximum atomic E-state index is 4.66. The summed E-state index contributed by atoms with van der Waals surface area (Å²) in [6.07, 6.45) is 4.34. The third-order valence-corrected chi connectivity index (χ3v) is 3.35. The SMILES string of the molecule is CCc1nn(Cc2ccccc2)cc1CCI. The lowest BCUT2D eigenvalue weighted by atomic mass is 10.2. The van der Waals surface area contributed by atoms with Crippen LogP contribution in [0.2, 0.25) is 0 Å². The van der Waals surface area contributed by atoms with Gasteiger partial charge in [0.1, 0.15) is 0 Å². The molecule has 0 bridgehead atoms. The average molecular weight is 340 g/mol. The van der Waals surface area contributed by atoms with Gasteiger partial charge in [0, 0.05) is 10.6 Å². The summed E-state index contributed by atoms with van der Waals surface area (Å²) in [6, 6.07) is 10.5. The zero-order valence-electron chi connectivity index (χ0n) is 10.1. The number of rotatable bonds is 5. The van der Waals surface area contributed by atoms with Crippen LogP contribution in [0.25, 0.3) is 0 Å². The predicted molar refractivity (Wildman–Crippen MR) is 79.7 cm³/mol. The zero-order valence-corrected chi connectivity index (χ0v) is 12.2. The minimum atomic E-state index is 0.870. The molecule has 0 N–H and O–H groups in total. The first-order valence-corrected chi connectivity index (χ1v) is 7.51. The van der Waals surface area contributed by atoms with Gasteiger partial charge >= 0.3 is 0 Å². The number of alkyl halides is 1. The summed E-state index contributed by atoms with van der Waals surface area (Å²) in [4.78, 5) is 0. The largest absolute Gasteiger partial charge is 0.268 e. The van der Waals surface area contributed by atoms with E-state index in [2.05, 4.69) is 69.8 Å². The Morgan fingerprint density at radius 2 is 2.00 bits per heavy atom. The van der Waals surface area contributed by atoms with Gasteiger partial charge in [-0.15, -0.1) is 0 Å². The molecule has 0 atom stereocenters. The summed E-state index contributed by atoms with van der Waals surface area (Å²) in [6.45, 7) is 3.04. The van der Waals surface area contributed by atoms with Crippen molar-refractivity contribution in [2.45, 2.75) is 26.3 Å². The molecule has 90 valence electrons. The molecule has 0 fully saturated rings. The van der Waals surface area contributed by atoms with Gasteiger partial charge in [-0.1, -0.05) is 59.8 Å². The molecule has 2 nitrogen and oxygen atoms in total. The van der Waals surface area contributed by atoms with Crippen LogP contribution in [0.3, 0.4) is 0 Å². The predicted octanol–water partition coefficient (Wildman–Crippen LogP) is 3.47. The van der Waals surface area contributed by atoms with Gasteiger partial charge in [0.2, 0.25) is 0 Å². The first-order valence-electron chi connectivity index (χ1n) is 5.98. The molecule has 1 heterocycles. The highest BCUT2D eigenvalue weighted by Crippen LogP contribution is 2.11. The Labute approximate surface area is 116 Å².